The lowest BCUT2D eigenvalue weighted by molar-refractivity contribution is 0.182. The van der Waals surface area contributed by atoms with Crippen LogP contribution in [0.4, 0.5) is 5.69 Å². The third-order valence-corrected chi connectivity index (χ3v) is 3.33. The molecule has 1 aromatic rings. The molecule has 0 saturated heterocycles. The summed E-state index contributed by atoms with van der Waals surface area (Å²) in [6, 6.07) is 0. The first-order chi connectivity index (χ1) is 8.85. The number of rotatable bonds is 7. The van der Waals surface area contributed by atoms with E-state index in [-0.39, 0.29) is 29.6 Å². The van der Waals surface area contributed by atoms with Gasteiger partial charge in [-0.15, -0.1) is 0 Å². The molecule has 1 aromatic heterocycles. The normalized spacial score (nSPS) is 11.5. The first-order valence-corrected chi connectivity index (χ1v) is 7.43. The second-order valence-electron chi connectivity index (χ2n) is 3.69. The van der Waals surface area contributed by atoms with E-state index in [1.165, 1.54) is 13.3 Å². The van der Waals surface area contributed by atoms with Crippen molar-refractivity contribution in [1.82, 2.24) is 9.78 Å². The van der Waals surface area contributed by atoms with Gasteiger partial charge in [0, 0.05) is 13.7 Å². The smallest absolute Gasteiger partial charge is 0.287 e. The first kappa shape index (κ1) is 15.9. The lowest BCUT2D eigenvalue weighted by Crippen LogP contribution is -2.27. The van der Waals surface area contributed by atoms with Crippen LogP contribution in [0.1, 0.15) is 0 Å². The van der Waals surface area contributed by atoms with Crippen LogP contribution in [0.15, 0.2) is 11.0 Å². The SMILES string of the molecule is COCCn1ncc(NCCS(N)(=O)=O)c(Cl)c1=O. The van der Waals surface area contributed by atoms with Crippen LogP contribution in [-0.4, -0.2) is 44.2 Å². The summed E-state index contributed by atoms with van der Waals surface area (Å²) >= 11 is 5.87. The number of hydrogen-bond acceptors (Lipinski definition) is 6. The van der Waals surface area contributed by atoms with E-state index in [9.17, 15) is 13.2 Å². The summed E-state index contributed by atoms with van der Waals surface area (Å²) in [5.41, 5.74) is -0.205. The van der Waals surface area contributed by atoms with Gasteiger partial charge in [0.25, 0.3) is 5.56 Å². The number of halogens is 1. The molecule has 0 aliphatic heterocycles. The Morgan fingerprint density at radius 1 is 1.58 bits per heavy atom. The standard InChI is InChI=1S/C9H15ClN4O4S/c1-18-4-3-14-9(15)8(10)7(6-13-14)12-2-5-19(11,16)17/h6,12H,2-5H2,1H3,(H2,11,16,17). The van der Waals surface area contributed by atoms with Gasteiger partial charge in [0.1, 0.15) is 5.02 Å². The molecule has 0 saturated carbocycles. The van der Waals surface area contributed by atoms with Gasteiger partial charge < -0.3 is 10.1 Å². The monoisotopic (exact) mass is 310 g/mol. The van der Waals surface area contributed by atoms with Crippen molar-refractivity contribution in [2.45, 2.75) is 6.54 Å². The molecule has 1 rings (SSSR count). The summed E-state index contributed by atoms with van der Waals surface area (Å²) < 4.78 is 27.5. The maximum Gasteiger partial charge on any atom is 0.287 e. The molecule has 0 atom stereocenters. The van der Waals surface area contributed by atoms with Gasteiger partial charge in [0.2, 0.25) is 10.0 Å². The Balaban J connectivity index is 2.76. The largest absolute Gasteiger partial charge is 0.383 e. The lowest BCUT2D eigenvalue weighted by Gasteiger charge is -2.09. The zero-order valence-electron chi connectivity index (χ0n) is 10.3. The Labute approximate surface area is 115 Å². The molecular weight excluding hydrogens is 296 g/mol. The molecule has 0 bridgehead atoms. The number of nitrogens with one attached hydrogen (secondary N) is 1. The van der Waals surface area contributed by atoms with Crippen molar-refractivity contribution >= 4 is 27.3 Å². The van der Waals surface area contributed by atoms with E-state index >= 15 is 0 Å². The highest BCUT2D eigenvalue weighted by molar-refractivity contribution is 7.89. The highest BCUT2D eigenvalue weighted by atomic mass is 35.5. The lowest BCUT2D eigenvalue weighted by atomic mass is 10.4. The molecule has 0 unspecified atom stereocenters. The number of anilines is 1. The summed E-state index contributed by atoms with van der Waals surface area (Å²) in [5.74, 6) is -0.268. The van der Waals surface area contributed by atoms with Crippen molar-refractivity contribution in [3.8, 4) is 0 Å². The van der Waals surface area contributed by atoms with Crippen molar-refractivity contribution in [3.63, 3.8) is 0 Å². The average molecular weight is 311 g/mol. The van der Waals surface area contributed by atoms with Crippen molar-refractivity contribution in [2.24, 2.45) is 5.14 Å². The van der Waals surface area contributed by atoms with Crippen LogP contribution in [0.5, 0.6) is 0 Å². The Hall–Kier alpha value is -1.16. The second kappa shape index (κ2) is 6.85. The predicted octanol–water partition coefficient (Wildman–Crippen LogP) is -0.756. The van der Waals surface area contributed by atoms with Crippen molar-refractivity contribution < 1.29 is 13.2 Å². The van der Waals surface area contributed by atoms with Crippen LogP contribution in [0.25, 0.3) is 0 Å². The molecule has 0 amide bonds. The van der Waals surface area contributed by atoms with Crippen molar-refractivity contribution in [2.75, 3.05) is 31.3 Å². The van der Waals surface area contributed by atoms with Gasteiger partial charge in [-0.3, -0.25) is 4.79 Å². The predicted molar refractivity (Wildman–Crippen MR) is 71.8 cm³/mol. The molecule has 108 valence electrons. The summed E-state index contributed by atoms with van der Waals surface area (Å²) in [6.07, 6.45) is 1.35. The van der Waals surface area contributed by atoms with Crippen molar-refractivity contribution in [1.29, 1.82) is 0 Å². The van der Waals surface area contributed by atoms with Crippen LogP contribution in [0, 0.1) is 0 Å². The zero-order valence-corrected chi connectivity index (χ0v) is 11.9. The molecule has 1 heterocycles. The average Bonchev–Trinajstić information content (AvgIpc) is 2.32. The fourth-order valence-corrected chi connectivity index (χ4v) is 1.85. The molecular formula is C9H15ClN4O4S. The third kappa shape index (κ3) is 5.15. The van der Waals surface area contributed by atoms with Crippen LogP contribution >= 0.6 is 11.6 Å². The molecule has 0 aromatic carbocycles. The minimum atomic E-state index is -3.56. The van der Waals surface area contributed by atoms with E-state index in [0.717, 1.165) is 4.68 Å². The van der Waals surface area contributed by atoms with Gasteiger partial charge in [0.05, 0.1) is 30.8 Å². The highest BCUT2D eigenvalue weighted by Gasteiger charge is 2.10. The second-order valence-corrected chi connectivity index (χ2v) is 5.80. The van der Waals surface area contributed by atoms with E-state index in [2.05, 4.69) is 10.4 Å². The number of sulfonamides is 1. The highest BCUT2D eigenvalue weighted by Crippen LogP contribution is 2.14. The third-order valence-electron chi connectivity index (χ3n) is 2.19. The summed E-state index contributed by atoms with van der Waals surface area (Å²) in [5, 5.41) is 11.4. The van der Waals surface area contributed by atoms with Crippen LogP contribution in [-0.2, 0) is 21.3 Å². The van der Waals surface area contributed by atoms with Gasteiger partial charge in [-0.25, -0.2) is 18.2 Å². The Kier molecular flexibility index (Phi) is 5.73. The van der Waals surface area contributed by atoms with E-state index in [1.807, 2.05) is 0 Å². The molecule has 19 heavy (non-hydrogen) atoms. The summed E-state index contributed by atoms with van der Waals surface area (Å²) in [4.78, 5) is 11.8. The fourth-order valence-electron chi connectivity index (χ4n) is 1.25. The fraction of sp³-hybridized carbons (Fsp3) is 0.556. The number of aromatic nitrogens is 2. The number of nitrogens with zero attached hydrogens (tertiary/aromatic N) is 2. The summed E-state index contributed by atoms with van der Waals surface area (Å²) in [6.45, 7) is 0.662. The zero-order chi connectivity index (χ0) is 14.5. The number of hydrogen-bond donors (Lipinski definition) is 2. The maximum atomic E-state index is 11.8. The minimum Gasteiger partial charge on any atom is -0.383 e. The Morgan fingerprint density at radius 3 is 2.84 bits per heavy atom. The molecule has 0 fully saturated rings. The molecule has 10 heteroatoms. The number of nitrogens with two attached hydrogens (primary N) is 1. The van der Waals surface area contributed by atoms with Gasteiger partial charge in [-0.05, 0) is 0 Å². The van der Waals surface area contributed by atoms with Crippen LogP contribution in [0.2, 0.25) is 5.02 Å². The number of ether oxygens (including phenoxy) is 1. The first-order valence-electron chi connectivity index (χ1n) is 5.34. The molecule has 0 aliphatic carbocycles. The maximum absolute atomic E-state index is 11.8. The van der Waals surface area contributed by atoms with E-state index in [4.69, 9.17) is 21.5 Å². The van der Waals surface area contributed by atoms with Gasteiger partial charge in [-0.1, -0.05) is 11.6 Å². The van der Waals surface area contributed by atoms with Gasteiger partial charge in [0.15, 0.2) is 0 Å². The van der Waals surface area contributed by atoms with Gasteiger partial charge >= 0.3 is 0 Å². The quantitative estimate of drug-likeness (QED) is 0.684. The van der Waals surface area contributed by atoms with E-state index in [0.29, 0.717) is 6.61 Å². The van der Waals surface area contributed by atoms with Gasteiger partial charge in [-0.2, -0.15) is 5.10 Å². The van der Waals surface area contributed by atoms with E-state index < -0.39 is 15.6 Å². The molecule has 3 N–H and O–H groups in total. The molecule has 8 nitrogen and oxygen atoms in total. The Bertz CT molecular complexity index is 586. The molecule has 0 aliphatic rings. The Morgan fingerprint density at radius 2 is 2.26 bits per heavy atom. The molecule has 0 radical (unpaired) electrons. The van der Waals surface area contributed by atoms with E-state index in [1.54, 1.807) is 0 Å². The van der Waals surface area contributed by atoms with Crippen molar-refractivity contribution in [3.05, 3.63) is 21.6 Å². The topological polar surface area (TPSA) is 116 Å². The minimum absolute atomic E-state index is 0.0434. The van der Waals surface area contributed by atoms with Crippen LogP contribution in [0.3, 0.4) is 0 Å². The number of methoxy groups -OCH3 is 1. The molecule has 0 spiro atoms. The van der Waals surface area contributed by atoms with Crippen LogP contribution < -0.4 is 16.0 Å². The number of primary sulfonamides is 1. The summed E-state index contributed by atoms with van der Waals surface area (Å²) in [7, 11) is -2.05.